The average molecular weight is 559 g/mol. The predicted octanol–water partition coefficient (Wildman–Crippen LogP) is 4.55. The van der Waals surface area contributed by atoms with Crippen molar-refractivity contribution in [1.29, 1.82) is 0 Å². The van der Waals surface area contributed by atoms with Crippen LogP contribution in [-0.2, 0) is 9.53 Å². The number of methoxy groups -OCH3 is 2. The molecule has 1 aliphatic rings. The third-order valence-corrected chi connectivity index (χ3v) is 6.83. The van der Waals surface area contributed by atoms with E-state index < -0.39 is 11.0 Å². The molecule has 1 aliphatic heterocycles. The van der Waals surface area contributed by atoms with Gasteiger partial charge >= 0.3 is 0 Å². The second-order valence-electron chi connectivity index (χ2n) is 8.94. The van der Waals surface area contributed by atoms with E-state index in [1.54, 1.807) is 24.4 Å². The van der Waals surface area contributed by atoms with Crippen LogP contribution in [0.1, 0.15) is 23.5 Å². The van der Waals surface area contributed by atoms with Crippen molar-refractivity contribution < 1.29 is 19.2 Å². The summed E-state index contributed by atoms with van der Waals surface area (Å²) in [6, 6.07) is 20.6. The first-order valence-corrected chi connectivity index (χ1v) is 12.7. The van der Waals surface area contributed by atoms with Gasteiger partial charge in [-0.3, -0.25) is 19.9 Å². The zero-order valence-corrected chi connectivity index (χ0v) is 22.5. The molecule has 0 saturated carbocycles. The smallest absolute Gasteiger partial charge is 0.271 e. The number of thiocarbonyl (C=S) groups is 1. The number of pyridine rings is 1. The Hall–Kier alpha value is -4.81. The van der Waals surface area contributed by atoms with Crippen LogP contribution in [0.25, 0.3) is 5.69 Å². The lowest BCUT2D eigenvalue weighted by atomic mass is 10.0. The molecule has 0 spiro atoms. The zero-order chi connectivity index (χ0) is 28.2. The number of non-ortho nitro benzene ring substituents is 1. The van der Waals surface area contributed by atoms with Gasteiger partial charge in [0.1, 0.15) is 18.4 Å². The summed E-state index contributed by atoms with van der Waals surface area (Å²) < 4.78 is 12.3. The molecule has 1 fully saturated rings. The minimum absolute atomic E-state index is 0.0121. The van der Waals surface area contributed by atoms with Gasteiger partial charge in [-0.15, -0.1) is 0 Å². The monoisotopic (exact) mass is 558 g/mol. The van der Waals surface area contributed by atoms with E-state index in [1.165, 1.54) is 26.4 Å². The standard InChI is InChI=1S/C28H26N6O5S/c1-38-17-25(35)30-22-16-19(11-12-24(22)39-2)33-27(26(31-28(33)40)21-9-3-4-13-29-21)23-10-6-14-32(23)18-7-5-8-20(15-18)34(36)37/h3-16,26-27H,17H2,1-2H3,(H,30,35)(H,31,40)/t26-,27+/m0/s1. The maximum absolute atomic E-state index is 12.3. The number of amides is 1. The van der Waals surface area contributed by atoms with Gasteiger partial charge in [-0.2, -0.15) is 0 Å². The number of aromatic nitrogens is 2. The lowest BCUT2D eigenvalue weighted by Gasteiger charge is -2.29. The number of nitro groups is 1. The Bertz CT molecular complexity index is 1560. The molecule has 204 valence electrons. The second kappa shape index (κ2) is 11.5. The van der Waals surface area contributed by atoms with Gasteiger partial charge in [-0.1, -0.05) is 12.1 Å². The summed E-state index contributed by atoms with van der Waals surface area (Å²) >= 11 is 5.85. The topological polar surface area (TPSA) is 124 Å². The number of rotatable bonds is 9. The number of carbonyl (C=O) groups is 1. The highest BCUT2D eigenvalue weighted by Gasteiger charge is 2.42. The van der Waals surface area contributed by atoms with E-state index in [0.29, 0.717) is 27.9 Å². The van der Waals surface area contributed by atoms with Gasteiger partial charge < -0.3 is 29.6 Å². The van der Waals surface area contributed by atoms with Crippen LogP contribution in [0.3, 0.4) is 0 Å². The minimum Gasteiger partial charge on any atom is -0.495 e. The highest BCUT2D eigenvalue weighted by molar-refractivity contribution is 7.80. The van der Waals surface area contributed by atoms with Crippen molar-refractivity contribution in [3.8, 4) is 11.4 Å². The lowest BCUT2D eigenvalue weighted by molar-refractivity contribution is -0.384. The molecule has 2 aromatic carbocycles. The van der Waals surface area contributed by atoms with Crippen molar-refractivity contribution >= 4 is 40.3 Å². The van der Waals surface area contributed by atoms with E-state index >= 15 is 0 Å². The summed E-state index contributed by atoms with van der Waals surface area (Å²) in [6.07, 6.45) is 3.57. The number of anilines is 2. The second-order valence-corrected chi connectivity index (χ2v) is 9.33. The van der Waals surface area contributed by atoms with Crippen LogP contribution in [0, 0.1) is 10.1 Å². The summed E-state index contributed by atoms with van der Waals surface area (Å²) in [5.74, 6) is 0.145. The lowest BCUT2D eigenvalue weighted by Crippen LogP contribution is -2.30. The molecule has 12 heteroatoms. The molecule has 0 bridgehead atoms. The highest BCUT2D eigenvalue weighted by atomic mass is 32.1. The van der Waals surface area contributed by atoms with Gasteiger partial charge in [0.15, 0.2) is 5.11 Å². The van der Waals surface area contributed by atoms with Crippen LogP contribution in [-0.4, -0.2) is 46.3 Å². The largest absolute Gasteiger partial charge is 0.495 e. The molecule has 2 aromatic heterocycles. The molecular formula is C28H26N6O5S. The summed E-state index contributed by atoms with van der Waals surface area (Å²) in [5.41, 5.74) is 3.37. The molecule has 3 heterocycles. The molecule has 0 aliphatic carbocycles. The maximum atomic E-state index is 12.3. The molecule has 0 unspecified atom stereocenters. The molecule has 1 saturated heterocycles. The van der Waals surface area contributed by atoms with Gasteiger partial charge in [0.25, 0.3) is 5.69 Å². The normalized spacial score (nSPS) is 16.4. The van der Waals surface area contributed by atoms with E-state index in [2.05, 4.69) is 15.6 Å². The van der Waals surface area contributed by atoms with Crippen molar-refractivity contribution in [2.75, 3.05) is 31.0 Å². The first-order chi connectivity index (χ1) is 19.4. The Morgan fingerprint density at radius 1 is 1.10 bits per heavy atom. The van der Waals surface area contributed by atoms with Crippen molar-refractivity contribution in [3.63, 3.8) is 0 Å². The fourth-order valence-corrected chi connectivity index (χ4v) is 5.17. The van der Waals surface area contributed by atoms with E-state index in [4.69, 9.17) is 21.7 Å². The van der Waals surface area contributed by atoms with Crippen LogP contribution >= 0.6 is 12.2 Å². The number of benzene rings is 2. The van der Waals surface area contributed by atoms with E-state index in [-0.39, 0.29) is 24.2 Å². The fraction of sp³-hybridized carbons (Fsp3) is 0.179. The van der Waals surface area contributed by atoms with Gasteiger partial charge in [0, 0.05) is 43.0 Å². The van der Waals surface area contributed by atoms with Crippen LogP contribution in [0.5, 0.6) is 5.75 Å². The van der Waals surface area contributed by atoms with E-state index in [9.17, 15) is 14.9 Å². The Morgan fingerprint density at radius 2 is 1.95 bits per heavy atom. The SMILES string of the molecule is COCC(=O)Nc1cc(N2C(=S)N[C@@H](c3ccccn3)[C@H]2c2cccn2-c2cccc([N+](=O)[O-])c2)ccc1OC. The number of nitrogens with one attached hydrogen (secondary N) is 2. The Labute approximate surface area is 235 Å². The van der Waals surface area contributed by atoms with Crippen molar-refractivity contribution in [2.45, 2.75) is 12.1 Å². The minimum atomic E-state index is -0.418. The van der Waals surface area contributed by atoms with E-state index in [1.807, 2.05) is 58.1 Å². The molecule has 11 nitrogen and oxygen atoms in total. The summed E-state index contributed by atoms with van der Waals surface area (Å²) in [6.45, 7) is -0.113. The Morgan fingerprint density at radius 3 is 2.67 bits per heavy atom. The number of ether oxygens (including phenoxy) is 2. The van der Waals surface area contributed by atoms with Crippen molar-refractivity contribution in [3.05, 3.63) is 107 Å². The van der Waals surface area contributed by atoms with Gasteiger partial charge in [0.05, 0.1) is 35.1 Å². The van der Waals surface area contributed by atoms with Gasteiger partial charge in [-0.05, 0) is 60.7 Å². The summed E-state index contributed by atoms with van der Waals surface area (Å²) in [7, 11) is 2.97. The van der Waals surface area contributed by atoms with Crippen LogP contribution in [0.4, 0.5) is 17.1 Å². The zero-order valence-electron chi connectivity index (χ0n) is 21.7. The van der Waals surface area contributed by atoms with Crippen molar-refractivity contribution in [2.24, 2.45) is 0 Å². The molecule has 2 N–H and O–H groups in total. The molecule has 1 amide bonds. The number of hydrogen-bond acceptors (Lipinski definition) is 7. The molecular weight excluding hydrogens is 532 g/mol. The van der Waals surface area contributed by atoms with Crippen LogP contribution < -0.4 is 20.3 Å². The molecule has 40 heavy (non-hydrogen) atoms. The van der Waals surface area contributed by atoms with E-state index in [0.717, 1.165) is 11.4 Å². The third kappa shape index (κ3) is 5.22. The number of nitrogens with zero attached hydrogens (tertiary/aromatic N) is 4. The first kappa shape index (κ1) is 26.8. The Balaban J connectivity index is 1.64. The quantitative estimate of drug-likeness (QED) is 0.173. The fourth-order valence-electron chi connectivity index (χ4n) is 4.82. The van der Waals surface area contributed by atoms with Crippen molar-refractivity contribution in [1.82, 2.24) is 14.9 Å². The van der Waals surface area contributed by atoms with Gasteiger partial charge in [0.2, 0.25) is 5.91 Å². The van der Waals surface area contributed by atoms with Crippen LogP contribution in [0.15, 0.2) is 85.2 Å². The highest BCUT2D eigenvalue weighted by Crippen LogP contribution is 2.44. The number of hydrogen-bond donors (Lipinski definition) is 2. The Kier molecular flexibility index (Phi) is 7.71. The van der Waals surface area contributed by atoms with Gasteiger partial charge in [-0.25, -0.2) is 0 Å². The molecule has 2 atom stereocenters. The number of carbonyl (C=O) groups excluding carboxylic acids is 1. The predicted molar refractivity (Wildman–Crippen MR) is 154 cm³/mol. The molecule has 0 radical (unpaired) electrons. The summed E-state index contributed by atoms with van der Waals surface area (Å²) in [5, 5.41) is 18.2. The maximum Gasteiger partial charge on any atom is 0.271 e. The molecule has 4 aromatic rings. The third-order valence-electron chi connectivity index (χ3n) is 6.51. The van der Waals surface area contributed by atoms with Crippen LogP contribution in [0.2, 0.25) is 0 Å². The first-order valence-electron chi connectivity index (χ1n) is 12.3. The number of nitro benzene ring substituents is 1. The average Bonchev–Trinajstić information content (AvgIpc) is 3.58. The summed E-state index contributed by atoms with van der Waals surface area (Å²) in [4.78, 5) is 29.9. The molecule has 5 rings (SSSR count).